The Kier molecular flexibility index (Phi) is 4.85. The van der Waals surface area contributed by atoms with Crippen molar-refractivity contribution in [3.05, 3.63) is 59.6 Å². The molecule has 0 saturated heterocycles. The van der Waals surface area contributed by atoms with E-state index >= 15 is 0 Å². The maximum absolute atomic E-state index is 11.7. The third-order valence-corrected chi connectivity index (χ3v) is 2.75. The molecule has 104 valence electrons. The molecule has 0 aliphatic carbocycles. The Balaban J connectivity index is 2.01. The van der Waals surface area contributed by atoms with Gasteiger partial charge in [0, 0.05) is 5.02 Å². The van der Waals surface area contributed by atoms with E-state index in [2.05, 4.69) is 0 Å². The minimum Gasteiger partial charge on any atom is -0.393 e. The summed E-state index contributed by atoms with van der Waals surface area (Å²) in [7, 11) is 0. The largest absolute Gasteiger partial charge is 0.539 e. The van der Waals surface area contributed by atoms with Gasteiger partial charge in [0.15, 0.2) is 0 Å². The number of hydrogen-bond acceptors (Lipinski definition) is 4. The molecular weight excluding hydrogens is 278 g/mol. The highest BCUT2D eigenvalue weighted by Crippen LogP contribution is 2.20. The normalized spacial score (nSPS) is 9.90. The van der Waals surface area contributed by atoms with E-state index in [1.54, 1.807) is 48.5 Å². The van der Waals surface area contributed by atoms with Crippen molar-refractivity contribution in [3.63, 3.8) is 0 Å². The van der Waals surface area contributed by atoms with Crippen LogP contribution < -0.4 is 9.80 Å². The van der Waals surface area contributed by atoms with Crippen molar-refractivity contribution < 1.29 is 14.4 Å². The fourth-order valence-corrected chi connectivity index (χ4v) is 1.81. The lowest BCUT2D eigenvalue weighted by atomic mass is 10.3. The zero-order valence-electron chi connectivity index (χ0n) is 11.0. The van der Waals surface area contributed by atoms with Crippen LogP contribution in [-0.4, -0.2) is 12.7 Å². The number of hydroxylamine groups is 1. The molecule has 2 rings (SSSR count). The third-order valence-electron chi connectivity index (χ3n) is 2.51. The van der Waals surface area contributed by atoms with Crippen LogP contribution in [0, 0.1) is 0 Å². The standard InChI is InChI=1S/C15H14ClNO3/c1-2-17(13-8-6-7-12(16)11-13)20-15(18)19-14-9-4-3-5-10-14/h3-11H,2H2,1H3. The van der Waals surface area contributed by atoms with Gasteiger partial charge in [0.2, 0.25) is 0 Å². The maximum atomic E-state index is 11.7. The van der Waals surface area contributed by atoms with Crippen molar-refractivity contribution in [2.75, 3.05) is 11.6 Å². The smallest absolute Gasteiger partial charge is 0.393 e. The summed E-state index contributed by atoms with van der Waals surface area (Å²) in [6.45, 7) is 2.33. The third kappa shape index (κ3) is 3.90. The zero-order chi connectivity index (χ0) is 14.4. The molecule has 0 N–H and O–H groups in total. The Labute approximate surface area is 122 Å². The van der Waals surface area contributed by atoms with E-state index in [1.807, 2.05) is 13.0 Å². The highest BCUT2D eigenvalue weighted by Gasteiger charge is 2.13. The summed E-state index contributed by atoms with van der Waals surface area (Å²) < 4.78 is 5.06. The molecule has 0 spiro atoms. The molecule has 2 aromatic carbocycles. The molecule has 0 unspecified atom stereocenters. The van der Waals surface area contributed by atoms with E-state index in [0.29, 0.717) is 23.0 Å². The molecule has 0 aliphatic rings. The van der Waals surface area contributed by atoms with Gasteiger partial charge < -0.3 is 9.57 Å². The molecule has 4 nitrogen and oxygen atoms in total. The van der Waals surface area contributed by atoms with Crippen LogP contribution >= 0.6 is 11.6 Å². The van der Waals surface area contributed by atoms with Gasteiger partial charge in [-0.15, -0.1) is 0 Å². The van der Waals surface area contributed by atoms with E-state index < -0.39 is 6.16 Å². The SMILES string of the molecule is CCN(OC(=O)Oc1ccccc1)c1cccc(Cl)c1. The average molecular weight is 292 g/mol. The van der Waals surface area contributed by atoms with Crippen LogP contribution in [-0.2, 0) is 4.84 Å². The van der Waals surface area contributed by atoms with Crippen LogP contribution in [0.4, 0.5) is 10.5 Å². The molecule has 2 aromatic rings. The van der Waals surface area contributed by atoms with Crippen LogP contribution in [0.1, 0.15) is 6.92 Å². The Morgan fingerprint density at radius 2 is 1.90 bits per heavy atom. The van der Waals surface area contributed by atoms with Crippen LogP contribution in [0.5, 0.6) is 5.75 Å². The second-order valence-corrected chi connectivity index (χ2v) is 4.37. The van der Waals surface area contributed by atoms with E-state index in [1.165, 1.54) is 5.06 Å². The number of benzene rings is 2. The predicted molar refractivity (Wildman–Crippen MR) is 78.0 cm³/mol. The topological polar surface area (TPSA) is 38.8 Å². The summed E-state index contributed by atoms with van der Waals surface area (Å²) >= 11 is 5.91. The second-order valence-electron chi connectivity index (χ2n) is 3.93. The van der Waals surface area contributed by atoms with Crippen molar-refractivity contribution >= 4 is 23.4 Å². The summed E-state index contributed by atoms with van der Waals surface area (Å²) in [6.07, 6.45) is -0.793. The van der Waals surface area contributed by atoms with Crippen LogP contribution in [0.15, 0.2) is 54.6 Å². The van der Waals surface area contributed by atoms with Gasteiger partial charge >= 0.3 is 6.16 Å². The number of hydrogen-bond donors (Lipinski definition) is 0. The Morgan fingerprint density at radius 3 is 2.55 bits per heavy atom. The summed E-state index contributed by atoms with van der Waals surface area (Å²) in [5.74, 6) is 0.430. The molecule has 0 saturated carbocycles. The summed E-state index contributed by atoms with van der Waals surface area (Å²) in [5.41, 5.74) is 0.685. The number of rotatable bonds is 4. The van der Waals surface area contributed by atoms with Gasteiger partial charge in [0.1, 0.15) is 5.75 Å². The molecule has 0 aliphatic heterocycles. The van der Waals surface area contributed by atoms with Crippen molar-refractivity contribution in [1.29, 1.82) is 0 Å². The quantitative estimate of drug-likeness (QED) is 0.478. The number of carbonyl (C=O) groups excluding carboxylic acids is 1. The first kappa shape index (κ1) is 14.2. The van der Waals surface area contributed by atoms with Gasteiger partial charge in [-0.1, -0.05) is 35.9 Å². The summed E-state index contributed by atoms with van der Waals surface area (Å²) in [4.78, 5) is 16.9. The number of anilines is 1. The fourth-order valence-electron chi connectivity index (χ4n) is 1.62. The molecule has 5 heteroatoms. The fraction of sp³-hybridized carbons (Fsp3) is 0.133. The molecule has 0 aromatic heterocycles. The highest BCUT2D eigenvalue weighted by molar-refractivity contribution is 6.30. The molecular formula is C15H14ClNO3. The second kappa shape index (κ2) is 6.82. The summed E-state index contributed by atoms with van der Waals surface area (Å²) in [6, 6.07) is 15.8. The molecule has 0 fully saturated rings. The minimum atomic E-state index is -0.793. The Bertz CT molecular complexity index is 574. The maximum Gasteiger partial charge on any atom is 0.539 e. The van der Waals surface area contributed by atoms with E-state index in [-0.39, 0.29) is 0 Å². The number of ether oxygens (including phenoxy) is 1. The van der Waals surface area contributed by atoms with Gasteiger partial charge in [-0.05, 0) is 37.3 Å². The van der Waals surface area contributed by atoms with Crippen molar-refractivity contribution in [2.24, 2.45) is 0 Å². The van der Waals surface area contributed by atoms with Gasteiger partial charge in [0.25, 0.3) is 0 Å². The summed E-state index contributed by atoms with van der Waals surface area (Å²) in [5, 5.41) is 1.98. The van der Waals surface area contributed by atoms with E-state index in [0.717, 1.165) is 0 Å². The van der Waals surface area contributed by atoms with Gasteiger partial charge in [-0.2, -0.15) is 0 Å². The van der Waals surface area contributed by atoms with Crippen LogP contribution in [0.2, 0.25) is 5.02 Å². The van der Waals surface area contributed by atoms with Crippen molar-refractivity contribution in [3.8, 4) is 5.75 Å². The Hall–Kier alpha value is -2.20. The number of halogens is 1. The molecule has 20 heavy (non-hydrogen) atoms. The van der Waals surface area contributed by atoms with Crippen LogP contribution in [0.25, 0.3) is 0 Å². The monoisotopic (exact) mass is 291 g/mol. The van der Waals surface area contributed by atoms with E-state index in [9.17, 15) is 4.79 Å². The van der Waals surface area contributed by atoms with Gasteiger partial charge in [-0.25, -0.2) is 9.86 Å². The molecule has 0 amide bonds. The number of para-hydroxylation sites is 1. The zero-order valence-corrected chi connectivity index (χ0v) is 11.7. The lowest BCUT2D eigenvalue weighted by Crippen LogP contribution is -2.28. The van der Waals surface area contributed by atoms with Gasteiger partial charge in [0.05, 0.1) is 12.2 Å². The number of carbonyl (C=O) groups is 1. The predicted octanol–water partition coefficient (Wildman–Crippen LogP) is 4.30. The lowest BCUT2D eigenvalue weighted by molar-refractivity contribution is 0.0886. The van der Waals surface area contributed by atoms with Crippen molar-refractivity contribution in [1.82, 2.24) is 0 Å². The van der Waals surface area contributed by atoms with Crippen LogP contribution in [0.3, 0.4) is 0 Å². The molecule has 0 bridgehead atoms. The first-order valence-corrected chi connectivity index (χ1v) is 6.55. The molecule has 0 heterocycles. The highest BCUT2D eigenvalue weighted by atomic mass is 35.5. The minimum absolute atomic E-state index is 0.430. The first-order valence-electron chi connectivity index (χ1n) is 6.17. The average Bonchev–Trinajstić information content (AvgIpc) is 2.46. The Morgan fingerprint density at radius 1 is 1.15 bits per heavy atom. The number of nitrogens with zero attached hydrogens (tertiary/aromatic N) is 1. The van der Waals surface area contributed by atoms with E-state index in [4.69, 9.17) is 21.2 Å². The first-order chi connectivity index (χ1) is 9.69. The molecule has 0 atom stereocenters. The van der Waals surface area contributed by atoms with Crippen molar-refractivity contribution in [2.45, 2.75) is 6.92 Å². The molecule has 0 radical (unpaired) electrons. The van der Waals surface area contributed by atoms with Gasteiger partial charge in [-0.3, -0.25) is 0 Å². The lowest BCUT2D eigenvalue weighted by Gasteiger charge is -2.20.